The molecule has 6 heteroatoms. The van der Waals surface area contributed by atoms with Gasteiger partial charge in [0.05, 0.1) is 0 Å². The van der Waals surface area contributed by atoms with Gasteiger partial charge in [-0.05, 0) is 61.1 Å². The molecule has 0 saturated carbocycles. The molecule has 3 N–H and O–H groups in total. The first-order chi connectivity index (χ1) is 11.2. The molecule has 23 heavy (non-hydrogen) atoms. The fourth-order valence-corrected chi connectivity index (χ4v) is 2.26. The van der Waals surface area contributed by atoms with Gasteiger partial charge in [0.15, 0.2) is 6.21 Å². The predicted octanol–water partition coefficient (Wildman–Crippen LogP) is 1.82. The molecule has 0 atom stereocenters. The number of hydrogen-bond donors (Lipinski definition) is 3. The molecule has 0 bridgehead atoms. The number of benzene rings is 2. The summed E-state index contributed by atoms with van der Waals surface area (Å²) in [6, 6.07) is 15.4. The quantitative estimate of drug-likeness (QED) is 0.423. The fourth-order valence-electron chi connectivity index (χ4n) is 1.84. The molecule has 0 radical (unpaired) electrons. The van der Waals surface area contributed by atoms with Gasteiger partial charge in [0.1, 0.15) is 12.4 Å². The number of hydrogen-bond acceptors (Lipinski definition) is 2. The molecule has 0 amide bonds. The SMILES string of the molecule is CCNC(=S)N[NH+]=Cc1ccc(OCc2cccc(Cl)c2)cc1. The van der Waals surface area contributed by atoms with E-state index >= 15 is 0 Å². The lowest BCUT2D eigenvalue weighted by Gasteiger charge is -2.06. The standard InChI is InChI=1S/C17H18ClN3OS/c1-2-19-17(23)21-20-11-13-6-8-16(9-7-13)22-12-14-4-3-5-15(18)10-14/h3-11H,2,12H2,1H3,(H2,19,21,23)/p+1. The summed E-state index contributed by atoms with van der Waals surface area (Å²) in [5.74, 6) is 0.804. The van der Waals surface area contributed by atoms with Crippen LogP contribution in [0.25, 0.3) is 0 Å². The molecule has 0 aliphatic rings. The highest BCUT2D eigenvalue weighted by atomic mass is 35.5. The zero-order chi connectivity index (χ0) is 16.5. The van der Waals surface area contributed by atoms with Gasteiger partial charge in [-0.3, -0.25) is 0 Å². The first-order valence-electron chi connectivity index (χ1n) is 7.27. The van der Waals surface area contributed by atoms with Gasteiger partial charge in [-0.15, -0.1) is 10.5 Å². The first-order valence-corrected chi connectivity index (χ1v) is 8.06. The monoisotopic (exact) mass is 348 g/mol. The van der Waals surface area contributed by atoms with E-state index in [1.165, 1.54) is 0 Å². The van der Waals surface area contributed by atoms with Crippen LogP contribution in [-0.2, 0) is 6.61 Å². The van der Waals surface area contributed by atoms with Crippen LogP contribution in [-0.4, -0.2) is 17.9 Å². The van der Waals surface area contributed by atoms with Crippen LogP contribution in [0.2, 0.25) is 5.02 Å². The van der Waals surface area contributed by atoms with E-state index in [1.54, 1.807) is 0 Å². The van der Waals surface area contributed by atoms with Crippen LogP contribution in [0, 0.1) is 0 Å². The molecule has 0 unspecified atom stereocenters. The van der Waals surface area contributed by atoms with Crippen LogP contribution in [0.15, 0.2) is 48.5 Å². The molecule has 2 rings (SSSR count). The molecule has 0 spiro atoms. The Balaban J connectivity index is 1.84. The molecule has 4 nitrogen and oxygen atoms in total. The van der Waals surface area contributed by atoms with E-state index in [0.717, 1.165) is 23.4 Å². The Morgan fingerprint density at radius 3 is 2.74 bits per heavy atom. The molecule has 0 aliphatic heterocycles. The lowest BCUT2D eigenvalue weighted by Crippen LogP contribution is -2.82. The van der Waals surface area contributed by atoms with Gasteiger partial charge in [0, 0.05) is 17.1 Å². The lowest BCUT2D eigenvalue weighted by molar-refractivity contribution is -0.500. The number of hydrazine groups is 1. The molecular formula is C17H19ClN3OS+. The molecule has 120 valence electrons. The molecular weight excluding hydrogens is 330 g/mol. The number of ether oxygens (including phenoxy) is 1. The highest BCUT2D eigenvalue weighted by Gasteiger charge is 1.99. The first kappa shape index (κ1) is 17.2. The van der Waals surface area contributed by atoms with E-state index in [9.17, 15) is 0 Å². The van der Waals surface area contributed by atoms with E-state index < -0.39 is 0 Å². The topological polar surface area (TPSA) is 47.3 Å². The summed E-state index contributed by atoms with van der Waals surface area (Å²) in [7, 11) is 0. The normalized spacial score (nSPS) is 10.5. The van der Waals surface area contributed by atoms with Crippen LogP contribution >= 0.6 is 23.8 Å². The van der Waals surface area contributed by atoms with Crippen molar-refractivity contribution in [2.24, 2.45) is 0 Å². The maximum absolute atomic E-state index is 5.95. The van der Waals surface area contributed by atoms with Gasteiger partial charge in [-0.25, -0.2) is 0 Å². The van der Waals surface area contributed by atoms with E-state index in [1.807, 2.05) is 61.7 Å². The molecule has 0 aromatic heterocycles. The zero-order valence-electron chi connectivity index (χ0n) is 12.8. The Labute approximate surface area is 146 Å². The second-order valence-electron chi connectivity index (χ2n) is 4.76. The Morgan fingerprint density at radius 2 is 2.04 bits per heavy atom. The van der Waals surface area contributed by atoms with Crippen LogP contribution in [0.3, 0.4) is 0 Å². The summed E-state index contributed by atoms with van der Waals surface area (Å²) in [5.41, 5.74) is 4.91. The van der Waals surface area contributed by atoms with Crippen molar-refractivity contribution < 1.29 is 9.84 Å². The molecule has 0 fully saturated rings. The average molecular weight is 349 g/mol. The Kier molecular flexibility index (Phi) is 6.84. The Morgan fingerprint density at radius 1 is 1.26 bits per heavy atom. The smallest absolute Gasteiger partial charge is 0.223 e. The van der Waals surface area contributed by atoms with Crippen molar-refractivity contribution in [1.82, 2.24) is 10.7 Å². The average Bonchev–Trinajstić information content (AvgIpc) is 2.54. The van der Waals surface area contributed by atoms with Crippen molar-refractivity contribution >= 4 is 35.1 Å². The largest absolute Gasteiger partial charge is 0.489 e. The van der Waals surface area contributed by atoms with E-state index in [2.05, 4.69) is 15.8 Å². The number of nitrogens with one attached hydrogen (secondary N) is 3. The maximum atomic E-state index is 5.95. The van der Waals surface area contributed by atoms with Crippen molar-refractivity contribution in [3.63, 3.8) is 0 Å². The van der Waals surface area contributed by atoms with Crippen molar-refractivity contribution in [2.45, 2.75) is 13.5 Å². The molecule has 0 saturated heterocycles. The summed E-state index contributed by atoms with van der Waals surface area (Å²) in [6.07, 6.45) is 1.82. The fraction of sp³-hybridized carbons (Fsp3) is 0.176. The van der Waals surface area contributed by atoms with E-state index in [0.29, 0.717) is 16.7 Å². The summed E-state index contributed by atoms with van der Waals surface area (Å²) >= 11 is 11.0. The number of halogens is 1. The van der Waals surface area contributed by atoms with Crippen molar-refractivity contribution in [2.75, 3.05) is 6.54 Å². The second kappa shape index (κ2) is 9.12. The van der Waals surface area contributed by atoms with Gasteiger partial charge in [0.2, 0.25) is 5.11 Å². The minimum atomic E-state index is 0.486. The minimum Gasteiger partial charge on any atom is -0.489 e. The zero-order valence-corrected chi connectivity index (χ0v) is 14.4. The van der Waals surface area contributed by atoms with Crippen LogP contribution in [0.5, 0.6) is 5.75 Å². The molecule has 0 aliphatic carbocycles. The molecule has 2 aromatic carbocycles. The Bertz CT molecular complexity index is 674. The summed E-state index contributed by atoms with van der Waals surface area (Å²) in [6.45, 7) is 3.26. The van der Waals surface area contributed by atoms with E-state index in [4.69, 9.17) is 28.6 Å². The second-order valence-corrected chi connectivity index (χ2v) is 5.61. The van der Waals surface area contributed by atoms with Crippen molar-refractivity contribution in [3.8, 4) is 5.75 Å². The summed E-state index contributed by atoms with van der Waals surface area (Å²) in [5, 5.41) is 7.19. The van der Waals surface area contributed by atoms with Gasteiger partial charge < -0.3 is 10.1 Å². The van der Waals surface area contributed by atoms with Crippen LogP contribution in [0.1, 0.15) is 18.1 Å². The molecule has 0 heterocycles. The van der Waals surface area contributed by atoms with Gasteiger partial charge in [-0.1, -0.05) is 23.7 Å². The number of rotatable bonds is 6. The highest BCUT2D eigenvalue weighted by molar-refractivity contribution is 7.80. The Hall–Kier alpha value is -2.11. The maximum Gasteiger partial charge on any atom is 0.223 e. The van der Waals surface area contributed by atoms with Crippen molar-refractivity contribution in [3.05, 3.63) is 64.7 Å². The molecule has 2 aromatic rings. The third-order valence-electron chi connectivity index (χ3n) is 2.94. The van der Waals surface area contributed by atoms with Gasteiger partial charge >= 0.3 is 0 Å². The summed E-state index contributed by atoms with van der Waals surface area (Å²) in [4.78, 5) is 0. The third-order valence-corrected chi connectivity index (χ3v) is 3.42. The predicted molar refractivity (Wildman–Crippen MR) is 97.8 cm³/mol. The van der Waals surface area contributed by atoms with Crippen LogP contribution < -0.4 is 20.6 Å². The highest BCUT2D eigenvalue weighted by Crippen LogP contribution is 2.15. The van der Waals surface area contributed by atoms with Crippen LogP contribution in [0.4, 0.5) is 0 Å². The van der Waals surface area contributed by atoms with Gasteiger partial charge in [-0.2, -0.15) is 0 Å². The summed E-state index contributed by atoms with van der Waals surface area (Å²) < 4.78 is 5.74. The lowest BCUT2D eigenvalue weighted by atomic mass is 10.2. The third kappa shape index (κ3) is 6.26. The number of hydrazone groups is 1. The minimum absolute atomic E-state index is 0.486. The van der Waals surface area contributed by atoms with E-state index in [-0.39, 0.29) is 0 Å². The number of thiocarbonyl (C=S) groups is 1. The van der Waals surface area contributed by atoms with Crippen molar-refractivity contribution in [1.29, 1.82) is 0 Å². The van der Waals surface area contributed by atoms with Gasteiger partial charge in [0.25, 0.3) is 0 Å².